The molecule has 3 amide bonds. The van der Waals surface area contributed by atoms with Crippen molar-refractivity contribution in [3.8, 4) is 0 Å². The van der Waals surface area contributed by atoms with Crippen LogP contribution in [0.5, 0.6) is 0 Å². The number of carbonyl (C=O) groups is 4. The molecule has 2 bridgehead atoms. The van der Waals surface area contributed by atoms with E-state index >= 15 is 0 Å². The minimum Gasteiger partial charge on any atom is -0.392 e. The second-order valence-electron chi connectivity index (χ2n) is 8.97. The van der Waals surface area contributed by atoms with Crippen LogP contribution >= 0.6 is 0 Å². The third-order valence-corrected chi connectivity index (χ3v) is 7.20. The van der Waals surface area contributed by atoms with E-state index in [1.807, 2.05) is 0 Å². The molecule has 5 saturated heterocycles. The Hall–Kier alpha value is -2.00. The van der Waals surface area contributed by atoms with Crippen molar-refractivity contribution in [2.45, 2.75) is 76.3 Å². The Labute approximate surface area is 169 Å². The molecular formula is C20H29N3O6. The van der Waals surface area contributed by atoms with E-state index in [4.69, 9.17) is 0 Å². The van der Waals surface area contributed by atoms with Gasteiger partial charge in [0.15, 0.2) is 5.78 Å². The van der Waals surface area contributed by atoms with E-state index in [0.29, 0.717) is 38.8 Å². The highest BCUT2D eigenvalue weighted by molar-refractivity contribution is 6.02. The number of Topliss-reactive ketones (excluding diaryl/α,β-unsaturated/α-hetero) is 1. The van der Waals surface area contributed by atoms with E-state index in [2.05, 4.69) is 0 Å². The van der Waals surface area contributed by atoms with Crippen LogP contribution in [0.4, 0.5) is 0 Å². The van der Waals surface area contributed by atoms with Gasteiger partial charge in [0, 0.05) is 26.1 Å². The third-order valence-electron chi connectivity index (χ3n) is 7.20. The van der Waals surface area contributed by atoms with Crippen molar-refractivity contribution in [2.75, 3.05) is 19.6 Å². The quantitative estimate of drug-likeness (QED) is 0.561. The van der Waals surface area contributed by atoms with Gasteiger partial charge in [0.1, 0.15) is 12.1 Å². The van der Waals surface area contributed by atoms with Crippen LogP contribution in [0.25, 0.3) is 0 Å². The molecule has 5 rings (SSSR count). The minimum atomic E-state index is -1.30. The lowest BCUT2D eigenvalue weighted by atomic mass is 9.68. The zero-order valence-corrected chi connectivity index (χ0v) is 16.9. The largest absolute Gasteiger partial charge is 0.392 e. The first-order valence-corrected chi connectivity index (χ1v) is 10.5. The first-order valence-electron chi connectivity index (χ1n) is 10.5. The van der Waals surface area contributed by atoms with Gasteiger partial charge < -0.3 is 24.9 Å². The molecule has 2 N–H and O–H groups in total. The maximum Gasteiger partial charge on any atom is 0.248 e. The molecule has 0 aromatic rings. The van der Waals surface area contributed by atoms with Gasteiger partial charge in [0.25, 0.3) is 0 Å². The summed E-state index contributed by atoms with van der Waals surface area (Å²) in [4.78, 5) is 57.1. The van der Waals surface area contributed by atoms with E-state index in [0.717, 1.165) is 0 Å². The maximum absolute atomic E-state index is 13.3. The Morgan fingerprint density at radius 1 is 0.897 bits per heavy atom. The Balaban J connectivity index is 1.77. The lowest BCUT2D eigenvalue weighted by Crippen LogP contribution is -2.73. The molecule has 9 heteroatoms. The van der Waals surface area contributed by atoms with Crippen molar-refractivity contribution in [1.82, 2.24) is 14.7 Å². The molecule has 5 aliphatic heterocycles. The third kappa shape index (κ3) is 2.89. The van der Waals surface area contributed by atoms with Crippen LogP contribution in [-0.2, 0) is 19.2 Å². The molecule has 29 heavy (non-hydrogen) atoms. The van der Waals surface area contributed by atoms with Crippen LogP contribution < -0.4 is 0 Å². The van der Waals surface area contributed by atoms with Gasteiger partial charge in [0.2, 0.25) is 17.7 Å². The standard InChI is InChI=1S/C20H29N3O6/c1-11(24)16-18(28)22-8-4-6-14(22)17(27)21-7-3-5-13(21)15(26)9-20(12(2)25)10-23(16)19(20)29/h11-14,16,24-25H,3-10H2,1-2H3/t11-,12-,13+,14+,16+,20?/m1/s1. The molecule has 5 fully saturated rings. The molecule has 0 aromatic heterocycles. The van der Waals surface area contributed by atoms with Crippen molar-refractivity contribution in [1.29, 1.82) is 0 Å². The predicted octanol–water partition coefficient (Wildman–Crippen LogP) is -1.10. The van der Waals surface area contributed by atoms with E-state index in [1.54, 1.807) is 4.90 Å². The number of aliphatic hydroxyl groups excluding tert-OH is 2. The number of hydrogen-bond donors (Lipinski definition) is 2. The normalized spacial score (nSPS) is 37.5. The highest BCUT2D eigenvalue weighted by Crippen LogP contribution is 2.43. The molecule has 5 aliphatic rings. The monoisotopic (exact) mass is 407 g/mol. The van der Waals surface area contributed by atoms with Crippen LogP contribution in [0.3, 0.4) is 0 Å². The van der Waals surface area contributed by atoms with Gasteiger partial charge in [0.05, 0.1) is 23.7 Å². The second-order valence-corrected chi connectivity index (χ2v) is 8.97. The molecule has 1 unspecified atom stereocenters. The lowest BCUT2D eigenvalue weighted by molar-refractivity contribution is -0.188. The zero-order chi connectivity index (χ0) is 21.1. The number of fused-ring (bicyclic) bond motifs is 2. The highest BCUT2D eigenvalue weighted by Gasteiger charge is 2.61. The van der Waals surface area contributed by atoms with Crippen molar-refractivity contribution in [3.05, 3.63) is 0 Å². The first-order chi connectivity index (χ1) is 13.7. The van der Waals surface area contributed by atoms with Gasteiger partial charge in [-0.2, -0.15) is 0 Å². The average molecular weight is 407 g/mol. The van der Waals surface area contributed by atoms with Gasteiger partial charge in [-0.25, -0.2) is 0 Å². The predicted molar refractivity (Wildman–Crippen MR) is 100 cm³/mol. The van der Waals surface area contributed by atoms with Crippen LogP contribution in [0, 0.1) is 5.41 Å². The summed E-state index contributed by atoms with van der Waals surface area (Å²) in [6.07, 6.45) is 0.0351. The fourth-order valence-corrected chi connectivity index (χ4v) is 5.50. The summed E-state index contributed by atoms with van der Waals surface area (Å²) in [5, 5.41) is 20.7. The number of β-lactam (4-membered cyclic amide) rings is 1. The van der Waals surface area contributed by atoms with Crippen LogP contribution in [-0.4, -0.2) is 98.4 Å². The Morgan fingerprint density at radius 3 is 2.03 bits per heavy atom. The smallest absolute Gasteiger partial charge is 0.248 e. The lowest BCUT2D eigenvalue weighted by Gasteiger charge is -2.54. The number of carbonyl (C=O) groups excluding carboxylic acids is 4. The van der Waals surface area contributed by atoms with Crippen molar-refractivity contribution >= 4 is 23.5 Å². The Kier molecular flexibility index (Phi) is 4.93. The topological polar surface area (TPSA) is 118 Å². The molecule has 0 aromatic carbocycles. The molecular weight excluding hydrogens is 378 g/mol. The van der Waals surface area contributed by atoms with Crippen LogP contribution in [0.1, 0.15) is 46.0 Å². The number of aliphatic hydroxyl groups is 2. The average Bonchev–Trinajstić information content (AvgIpc) is 3.33. The number of ketones is 1. The van der Waals surface area contributed by atoms with Gasteiger partial charge >= 0.3 is 0 Å². The van der Waals surface area contributed by atoms with Crippen molar-refractivity contribution < 1.29 is 29.4 Å². The zero-order valence-electron chi connectivity index (χ0n) is 16.9. The summed E-state index contributed by atoms with van der Waals surface area (Å²) in [7, 11) is 0. The van der Waals surface area contributed by atoms with E-state index in [-0.39, 0.29) is 24.7 Å². The fraction of sp³-hybridized carbons (Fsp3) is 0.800. The summed E-state index contributed by atoms with van der Waals surface area (Å²) < 4.78 is 0. The molecule has 6 atom stereocenters. The molecule has 0 spiro atoms. The minimum absolute atomic E-state index is 0.0374. The maximum atomic E-state index is 13.3. The molecule has 160 valence electrons. The van der Waals surface area contributed by atoms with Gasteiger partial charge in [-0.3, -0.25) is 19.2 Å². The SMILES string of the molecule is C[C@@H](O)[C@H]1C(=O)N2CCC[C@H]2C(=O)N2CCC[C@H]2C(=O)CC2([C@@H](C)O)CN1C2=O. The molecule has 0 radical (unpaired) electrons. The highest BCUT2D eigenvalue weighted by atomic mass is 16.3. The van der Waals surface area contributed by atoms with E-state index < -0.39 is 47.6 Å². The molecule has 0 saturated carbocycles. The fourth-order valence-electron chi connectivity index (χ4n) is 5.50. The van der Waals surface area contributed by atoms with Gasteiger partial charge in [-0.15, -0.1) is 0 Å². The summed E-state index contributed by atoms with van der Waals surface area (Å²) in [6, 6.07) is -2.38. The van der Waals surface area contributed by atoms with E-state index in [9.17, 15) is 29.4 Å². The Morgan fingerprint density at radius 2 is 1.48 bits per heavy atom. The van der Waals surface area contributed by atoms with Crippen molar-refractivity contribution in [3.63, 3.8) is 0 Å². The second kappa shape index (κ2) is 7.05. The number of nitrogens with zero attached hydrogens (tertiary/aromatic N) is 3. The van der Waals surface area contributed by atoms with Crippen molar-refractivity contribution in [2.24, 2.45) is 5.41 Å². The summed E-state index contributed by atoms with van der Waals surface area (Å²) in [5.41, 5.74) is -1.30. The first kappa shape index (κ1) is 20.3. The van der Waals surface area contributed by atoms with Crippen LogP contribution in [0.15, 0.2) is 0 Å². The van der Waals surface area contributed by atoms with Gasteiger partial charge in [-0.1, -0.05) is 0 Å². The number of hydrogen-bond acceptors (Lipinski definition) is 6. The number of amides is 3. The van der Waals surface area contributed by atoms with Crippen LogP contribution in [0.2, 0.25) is 0 Å². The summed E-state index contributed by atoms with van der Waals surface area (Å²) >= 11 is 0. The molecule has 0 aliphatic carbocycles. The molecule has 9 nitrogen and oxygen atoms in total. The number of rotatable bonds is 2. The summed E-state index contributed by atoms with van der Waals surface area (Å²) in [6.45, 7) is 3.79. The summed E-state index contributed by atoms with van der Waals surface area (Å²) in [5.74, 6) is -1.36. The van der Waals surface area contributed by atoms with Gasteiger partial charge in [-0.05, 0) is 39.5 Å². The Bertz CT molecular complexity index is 752. The molecule has 5 heterocycles. The van der Waals surface area contributed by atoms with E-state index in [1.165, 1.54) is 23.6 Å².